The summed E-state index contributed by atoms with van der Waals surface area (Å²) in [5.74, 6) is -0.149. The number of rotatable bonds is 6. The van der Waals surface area contributed by atoms with Gasteiger partial charge in [0.25, 0.3) is 0 Å². The first-order valence-corrected chi connectivity index (χ1v) is 6.41. The molecule has 0 aliphatic rings. The van der Waals surface area contributed by atoms with Crippen LogP contribution in [0.3, 0.4) is 0 Å². The summed E-state index contributed by atoms with van der Waals surface area (Å²) in [6.45, 7) is 9.87. The average molecular weight is 237 g/mol. The third kappa shape index (κ3) is 5.31. The minimum Gasteiger partial charge on any atom is -0.313 e. The van der Waals surface area contributed by atoms with Crippen molar-refractivity contribution in [1.29, 1.82) is 0 Å². The van der Waals surface area contributed by atoms with Crippen LogP contribution in [0.15, 0.2) is 24.3 Å². The van der Waals surface area contributed by atoms with Crippen LogP contribution in [0.2, 0.25) is 0 Å². The Morgan fingerprint density at radius 2 is 2.06 bits per heavy atom. The fraction of sp³-hybridized carbons (Fsp3) is 0.600. The van der Waals surface area contributed by atoms with Crippen molar-refractivity contribution >= 4 is 0 Å². The van der Waals surface area contributed by atoms with E-state index in [0.717, 1.165) is 24.9 Å². The van der Waals surface area contributed by atoms with Gasteiger partial charge in [0.2, 0.25) is 0 Å². The first-order chi connectivity index (χ1) is 7.93. The second-order valence-electron chi connectivity index (χ2n) is 5.63. The molecule has 1 N–H and O–H groups in total. The van der Waals surface area contributed by atoms with Gasteiger partial charge < -0.3 is 5.32 Å². The highest BCUT2D eigenvalue weighted by atomic mass is 19.1. The van der Waals surface area contributed by atoms with Gasteiger partial charge in [-0.1, -0.05) is 32.9 Å². The van der Waals surface area contributed by atoms with Crippen molar-refractivity contribution in [2.45, 2.75) is 46.6 Å². The molecule has 1 rings (SSSR count). The fourth-order valence-electron chi connectivity index (χ4n) is 1.67. The molecule has 2 heteroatoms. The van der Waals surface area contributed by atoms with Gasteiger partial charge in [0.1, 0.15) is 5.82 Å². The summed E-state index contributed by atoms with van der Waals surface area (Å²) in [7, 11) is 0. The van der Waals surface area contributed by atoms with E-state index >= 15 is 0 Å². The summed E-state index contributed by atoms with van der Waals surface area (Å²) < 4.78 is 13.0. The Labute approximate surface area is 104 Å². The summed E-state index contributed by atoms with van der Waals surface area (Å²) in [4.78, 5) is 0. The van der Waals surface area contributed by atoms with E-state index in [0.29, 0.717) is 11.5 Å². The Morgan fingerprint density at radius 3 is 2.65 bits per heavy atom. The summed E-state index contributed by atoms with van der Waals surface area (Å²) in [6, 6.07) is 7.23. The second-order valence-corrected chi connectivity index (χ2v) is 5.63. The van der Waals surface area contributed by atoms with Crippen molar-refractivity contribution in [2.24, 2.45) is 5.41 Å². The van der Waals surface area contributed by atoms with Crippen molar-refractivity contribution < 1.29 is 4.39 Å². The van der Waals surface area contributed by atoms with Crippen LogP contribution in [-0.2, 0) is 6.42 Å². The van der Waals surface area contributed by atoms with Gasteiger partial charge in [-0.3, -0.25) is 0 Å². The Hall–Kier alpha value is -0.890. The molecule has 0 aliphatic heterocycles. The van der Waals surface area contributed by atoms with Crippen molar-refractivity contribution in [3.05, 3.63) is 35.6 Å². The largest absolute Gasteiger partial charge is 0.313 e. The summed E-state index contributed by atoms with van der Waals surface area (Å²) in [6.07, 6.45) is 2.03. The molecule has 1 aromatic rings. The van der Waals surface area contributed by atoms with E-state index in [1.54, 1.807) is 12.1 Å². The van der Waals surface area contributed by atoms with Crippen molar-refractivity contribution in [1.82, 2.24) is 5.32 Å². The second kappa shape index (κ2) is 6.15. The first kappa shape index (κ1) is 14.2. The van der Waals surface area contributed by atoms with Gasteiger partial charge in [0, 0.05) is 12.6 Å². The van der Waals surface area contributed by atoms with Crippen molar-refractivity contribution in [2.75, 3.05) is 6.54 Å². The van der Waals surface area contributed by atoms with E-state index < -0.39 is 0 Å². The molecule has 0 aliphatic carbocycles. The van der Waals surface area contributed by atoms with Gasteiger partial charge in [-0.2, -0.15) is 0 Å². The van der Waals surface area contributed by atoms with Crippen molar-refractivity contribution in [3.8, 4) is 0 Å². The lowest BCUT2D eigenvalue weighted by Crippen LogP contribution is -2.36. The van der Waals surface area contributed by atoms with Crippen LogP contribution in [-0.4, -0.2) is 12.6 Å². The molecule has 1 nitrogen and oxygen atoms in total. The molecule has 1 atom stereocenters. The molecule has 1 aromatic carbocycles. The normalized spacial score (nSPS) is 13.7. The molecule has 0 saturated carbocycles. The van der Waals surface area contributed by atoms with Gasteiger partial charge in [0.15, 0.2) is 0 Å². The van der Waals surface area contributed by atoms with Crippen LogP contribution in [0.5, 0.6) is 0 Å². The van der Waals surface area contributed by atoms with E-state index in [1.165, 1.54) is 6.07 Å². The van der Waals surface area contributed by atoms with Crippen LogP contribution in [0.25, 0.3) is 0 Å². The monoisotopic (exact) mass is 237 g/mol. The predicted molar refractivity (Wildman–Crippen MR) is 71.6 cm³/mol. The van der Waals surface area contributed by atoms with E-state index in [1.807, 2.05) is 6.07 Å². The highest BCUT2D eigenvalue weighted by Crippen LogP contribution is 2.18. The molecular formula is C15H24FN. The van der Waals surface area contributed by atoms with Crippen molar-refractivity contribution in [3.63, 3.8) is 0 Å². The van der Waals surface area contributed by atoms with Crippen LogP contribution in [0.1, 0.15) is 39.7 Å². The number of nitrogens with one attached hydrogen (secondary N) is 1. The molecule has 0 fully saturated rings. The van der Waals surface area contributed by atoms with E-state index in [9.17, 15) is 4.39 Å². The predicted octanol–water partition coefficient (Wildman–Crippen LogP) is 3.78. The summed E-state index contributed by atoms with van der Waals surface area (Å²) in [5.41, 5.74) is 1.38. The van der Waals surface area contributed by atoms with Crippen LogP contribution < -0.4 is 5.32 Å². The maximum atomic E-state index is 13.0. The quantitative estimate of drug-likeness (QED) is 0.794. The maximum Gasteiger partial charge on any atom is 0.123 e. The topological polar surface area (TPSA) is 12.0 Å². The lowest BCUT2D eigenvalue weighted by atomic mass is 9.90. The Kier molecular flexibility index (Phi) is 5.13. The fourth-order valence-corrected chi connectivity index (χ4v) is 1.67. The zero-order valence-corrected chi connectivity index (χ0v) is 11.4. The molecule has 0 bridgehead atoms. The Bertz CT molecular complexity index is 347. The zero-order chi connectivity index (χ0) is 12.9. The highest BCUT2D eigenvalue weighted by Gasteiger charge is 2.15. The van der Waals surface area contributed by atoms with Gasteiger partial charge >= 0.3 is 0 Å². The molecule has 0 spiro atoms. The lowest BCUT2D eigenvalue weighted by Gasteiger charge is -2.25. The third-order valence-corrected chi connectivity index (χ3v) is 3.32. The van der Waals surface area contributed by atoms with Gasteiger partial charge in [0.05, 0.1) is 0 Å². The molecule has 96 valence electrons. The minimum absolute atomic E-state index is 0.149. The van der Waals surface area contributed by atoms with E-state index in [-0.39, 0.29) is 5.82 Å². The Morgan fingerprint density at radius 1 is 1.35 bits per heavy atom. The molecule has 1 unspecified atom stereocenters. The van der Waals surface area contributed by atoms with E-state index in [2.05, 4.69) is 33.0 Å². The third-order valence-electron chi connectivity index (χ3n) is 3.32. The minimum atomic E-state index is -0.149. The molecule has 0 saturated heterocycles. The summed E-state index contributed by atoms with van der Waals surface area (Å²) in [5, 5.41) is 3.52. The SMILES string of the molecule is CCC(C)(C)CNC(C)Cc1cccc(F)c1. The number of benzene rings is 1. The molecule has 0 heterocycles. The molecule has 0 radical (unpaired) electrons. The van der Waals surface area contributed by atoms with Crippen LogP contribution >= 0.6 is 0 Å². The Balaban J connectivity index is 2.42. The smallest absolute Gasteiger partial charge is 0.123 e. The first-order valence-electron chi connectivity index (χ1n) is 6.41. The number of hydrogen-bond acceptors (Lipinski definition) is 1. The molecule has 17 heavy (non-hydrogen) atoms. The average Bonchev–Trinajstić information content (AvgIpc) is 2.27. The maximum absolute atomic E-state index is 13.0. The zero-order valence-electron chi connectivity index (χ0n) is 11.4. The van der Waals surface area contributed by atoms with E-state index in [4.69, 9.17) is 0 Å². The standard InChI is InChI=1S/C15H24FN/c1-5-15(3,4)11-17-12(2)9-13-7-6-8-14(16)10-13/h6-8,10,12,17H,5,9,11H2,1-4H3. The molecule has 0 aromatic heterocycles. The van der Waals surface area contributed by atoms with Crippen LogP contribution in [0, 0.1) is 11.2 Å². The number of halogens is 1. The summed E-state index contributed by atoms with van der Waals surface area (Å²) >= 11 is 0. The van der Waals surface area contributed by atoms with Crippen LogP contribution in [0.4, 0.5) is 4.39 Å². The van der Waals surface area contributed by atoms with Gasteiger partial charge in [-0.15, -0.1) is 0 Å². The van der Waals surface area contributed by atoms with Gasteiger partial charge in [-0.25, -0.2) is 4.39 Å². The lowest BCUT2D eigenvalue weighted by molar-refractivity contribution is 0.312. The molecular weight excluding hydrogens is 213 g/mol. The molecule has 0 amide bonds. The number of hydrogen-bond donors (Lipinski definition) is 1. The highest BCUT2D eigenvalue weighted by molar-refractivity contribution is 5.17. The van der Waals surface area contributed by atoms with Gasteiger partial charge in [-0.05, 0) is 42.9 Å².